The monoisotopic (exact) mass is 364 g/mol. The molecule has 140 valence electrons. The van der Waals surface area contributed by atoms with Gasteiger partial charge in [0.2, 0.25) is 0 Å². The molecule has 4 aliphatic rings. The molecular formula is C21H24N4O2. The number of nitrogens with zero attached hydrogens (tertiary/aromatic N) is 3. The maximum Gasteiger partial charge on any atom is 0.275 e. The van der Waals surface area contributed by atoms with Crippen LogP contribution in [0.15, 0.2) is 41.5 Å². The average Bonchev–Trinajstić information content (AvgIpc) is 2.87. The van der Waals surface area contributed by atoms with Crippen molar-refractivity contribution < 1.29 is 9.90 Å². The van der Waals surface area contributed by atoms with Gasteiger partial charge in [-0.25, -0.2) is 5.43 Å². The molecule has 27 heavy (non-hydrogen) atoms. The number of phenols is 1. The Morgan fingerprint density at radius 3 is 2.41 bits per heavy atom. The third-order valence-corrected chi connectivity index (χ3v) is 6.23. The Balaban J connectivity index is 1.42. The third-order valence-electron chi connectivity index (χ3n) is 6.23. The third kappa shape index (κ3) is 2.80. The molecule has 0 aliphatic carbocycles. The highest BCUT2D eigenvalue weighted by Gasteiger charge is 2.49. The Hall–Kier alpha value is -2.44. The van der Waals surface area contributed by atoms with Gasteiger partial charge in [-0.2, -0.15) is 5.10 Å². The van der Waals surface area contributed by atoms with Crippen molar-refractivity contribution in [3.63, 3.8) is 0 Å². The Kier molecular flexibility index (Phi) is 3.74. The van der Waals surface area contributed by atoms with Gasteiger partial charge >= 0.3 is 0 Å². The van der Waals surface area contributed by atoms with E-state index in [1.54, 1.807) is 12.1 Å². The van der Waals surface area contributed by atoms with Crippen LogP contribution in [0.2, 0.25) is 0 Å². The van der Waals surface area contributed by atoms with Crippen LogP contribution in [0.3, 0.4) is 0 Å². The molecule has 4 aliphatic heterocycles. The number of hydrogen-bond donors (Lipinski definition) is 2. The van der Waals surface area contributed by atoms with Crippen molar-refractivity contribution in [1.82, 2.24) is 15.2 Å². The van der Waals surface area contributed by atoms with Gasteiger partial charge in [0.05, 0.1) is 11.3 Å². The van der Waals surface area contributed by atoms with Crippen LogP contribution in [0, 0.1) is 11.3 Å². The first-order valence-corrected chi connectivity index (χ1v) is 9.57. The average molecular weight is 364 g/mol. The number of amides is 1. The first kappa shape index (κ1) is 16.7. The molecule has 2 aromatic rings. The zero-order valence-electron chi connectivity index (χ0n) is 15.5. The number of fused-ring (bicyclic) bond motifs is 2. The van der Waals surface area contributed by atoms with Crippen molar-refractivity contribution in [2.45, 2.75) is 6.92 Å². The van der Waals surface area contributed by atoms with E-state index in [-0.39, 0.29) is 22.6 Å². The van der Waals surface area contributed by atoms with E-state index in [1.165, 1.54) is 0 Å². The van der Waals surface area contributed by atoms with Gasteiger partial charge in [-0.15, -0.1) is 0 Å². The number of hydrogen-bond acceptors (Lipinski definition) is 5. The standard InChI is InChI=1S/C21H24N4O2/c1-21-12-24-6-7-25(13-21)11-16(10-24)19(21)22-23-20(27)17-8-14-4-2-3-5-15(14)9-18(17)26/h2-5,8-9,16,26H,6-7,10-13H2,1H3,(H,23,27). The zero-order chi connectivity index (χ0) is 18.6. The number of nitrogens with one attached hydrogen (secondary N) is 1. The molecule has 4 fully saturated rings. The molecule has 0 radical (unpaired) electrons. The summed E-state index contributed by atoms with van der Waals surface area (Å²) in [6, 6.07) is 11.0. The molecule has 1 amide bonds. The summed E-state index contributed by atoms with van der Waals surface area (Å²) in [7, 11) is 0. The van der Waals surface area contributed by atoms with Crippen LogP contribution in [0.25, 0.3) is 10.8 Å². The number of hydrazone groups is 1. The maximum absolute atomic E-state index is 12.7. The summed E-state index contributed by atoms with van der Waals surface area (Å²) in [6.07, 6.45) is 0. The fourth-order valence-corrected chi connectivity index (χ4v) is 5.11. The second kappa shape index (κ2) is 6.04. The summed E-state index contributed by atoms with van der Waals surface area (Å²) in [5.74, 6) is -0.0104. The van der Waals surface area contributed by atoms with Gasteiger partial charge in [0, 0.05) is 50.6 Å². The van der Waals surface area contributed by atoms with E-state index in [2.05, 4.69) is 27.3 Å². The van der Waals surface area contributed by atoms with Gasteiger partial charge in [0.25, 0.3) is 5.91 Å². The van der Waals surface area contributed by atoms with Crippen LogP contribution in [0.5, 0.6) is 5.75 Å². The predicted molar refractivity (Wildman–Crippen MR) is 105 cm³/mol. The van der Waals surface area contributed by atoms with E-state index >= 15 is 0 Å². The van der Waals surface area contributed by atoms with Gasteiger partial charge < -0.3 is 14.9 Å². The molecule has 6 heteroatoms. The van der Waals surface area contributed by atoms with E-state index in [0.29, 0.717) is 5.92 Å². The van der Waals surface area contributed by atoms with Crippen molar-refractivity contribution in [3.05, 3.63) is 42.0 Å². The summed E-state index contributed by atoms with van der Waals surface area (Å²) >= 11 is 0. The molecule has 6 nitrogen and oxygen atoms in total. The summed E-state index contributed by atoms with van der Waals surface area (Å²) in [5, 5.41) is 16.7. The van der Waals surface area contributed by atoms with Gasteiger partial charge in [-0.1, -0.05) is 31.2 Å². The van der Waals surface area contributed by atoms with Crippen molar-refractivity contribution in [2.75, 3.05) is 39.3 Å². The minimum Gasteiger partial charge on any atom is -0.507 e. The summed E-state index contributed by atoms with van der Waals surface area (Å²) in [4.78, 5) is 17.8. The maximum atomic E-state index is 12.7. The largest absolute Gasteiger partial charge is 0.507 e. The number of rotatable bonds is 2. The highest BCUT2D eigenvalue weighted by atomic mass is 16.3. The molecule has 2 atom stereocenters. The highest BCUT2D eigenvalue weighted by Crippen LogP contribution is 2.38. The van der Waals surface area contributed by atoms with Gasteiger partial charge in [0.15, 0.2) is 0 Å². The smallest absolute Gasteiger partial charge is 0.275 e. The molecule has 0 saturated carbocycles. The normalized spacial score (nSPS) is 33.4. The second-order valence-corrected chi connectivity index (χ2v) is 8.38. The molecule has 0 spiro atoms. The van der Waals surface area contributed by atoms with Crippen LogP contribution in [-0.2, 0) is 0 Å². The van der Waals surface area contributed by atoms with Crippen LogP contribution in [-0.4, -0.2) is 65.8 Å². The topological polar surface area (TPSA) is 68.2 Å². The number of benzene rings is 2. The van der Waals surface area contributed by atoms with E-state index in [0.717, 1.165) is 55.8 Å². The Morgan fingerprint density at radius 1 is 1.15 bits per heavy atom. The lowest BCUT2D eigenvalue weighted by Gasteiger charge is -2.48. The van der Waals surface area contributed by atoms with Gasteiger partial charge in [0.1, 0.15) is 5.75 Å². The van der Waals surface area contributed by atoms with Crippen LogP contribution < -0.4 is 5.43 Å². The zero-order valence-corrected chi connectivity index (χ0v) is 15.5. The predicted octanol–water partition coefficient (Wildman–Crippen LogP) is 1.90. The Bertz CT molecular complexity index is 938. The molecule has 4 bridgehead atoms. The van der Waals surface area contributed by atoms with E-state index in [9.17, 15) is 9.90 Å². The lowest BCUT2D eigenvalue weighted by Crippen LogP contribution is -2.60. The number of piperidine rings is 2. The first-order chi connectivity index (χ1) is 13.0. The minimum atomic E-state index is -0.360. The van der Waals surface area contributed by atoms with Gasteiger partial charge in [-0.3, -0.25) is 4.79 Å². The van der Waals surface area contributed by atoms with Crippen LogP contribution in [0.1, 0.15) is 17.3 Å². The summed E-state index contributed by atoms with van der Waals surface area (Å²) in [5.41, 5.74) is 4.08. The minimum absolute atomic E-state index is 0.0169. The van der Waals surface area contributed by atoms with Crippen molar-refractivity contribution >= 4 is 22.4 Å². The van der Waals surface area contributed by atoms with Crippen LogP contribution >= 0.6 is 0 Å². The van der Waals surface area contributed by atoms with E-state index in [1.807, 2.05) is 24.3 Å². The molecule has 6 rings (SSSR count). The molecule has 2 N–H and O–H groups in total. The molecule has 2 aromatic carbocycles. The van der Waals surface area contributed by atoms with Crippen molar-refractivity contribution in [1.29, 1.82) is 0 Å². The Morgan fingerprint density at radius 2 is 1.78 bits per heavy atom. The fraction of sp³-hybridized carbons (Fsp3) is 0.429. The highest BCUT2D eigenvalue weighted by molar-refractivity contribution is 6.02. The number of phenolic OH excluding ortho intramolecular Hbond substituents is 1. The quantitative estimate of drug-likeness (QED) is 0.799. The summed E-state index contributed by atoms with van der Waals surface area (Å²) < 4.78 is 0. The Labute approximate surface area is 158 Å². The molecule has 4 heterocycles. The van der Waals surface area contributed by atoms with Crippen molar-refractivity contribution in [2.24, 2.45) is 16.4 Å². The summed E-state index contributed by atoms with van der Waals surface area (Å²) in [6.45, 7) is 8.52. The lowest BCUT2D eigenvalue weighted by molar-refractivity contribution is 0.0946. The second-order valence-electron chi connectivity index (χ2n) is 8.38. The molecular weight excluding hydrogens is 340 g/mol. The number of carbonyl (C=O) groups excluding carboxylic acids is 1. The van der Waals surface area contributed by atoms with Gasteiger partial charge in [-0.05, 0) is 22.9 Å². The molecule has 4 saturated heterocycles. The van der Waals surface area contributed by atoms with E-state index < -0.39 is 0 Å². The molecule has 0 aromatic heterocycles. The lowest BCUT2D eigenvalue weighted by atomic mass is 9.72. The van der Waals surface area contributed by atoms with Crippen LogP contribution in [0.4, 0.5) is 0 Å². The van der Waals surface area contributed by atoms with E-state index in [4.69, 9.17) is 0 Å². The van der Waals surface area contributed by atoms with Crippen molar-refractivity contribution in [3.8, 4) is 5.75 Å². The number of aromatic hydroxyl groups is 1. The molecule has 2 unspecified atom stereocenters. The SMILES string of the molecule is CC12CN3CCN(CC(C3)C1=NNC(=O)c1cc3ccccc3cc1O)C2. The first-order valence-electron chi connectivity index (χ1n) is 9.57. The number of carbonyl (C=O) groups is 1. The fourth-order valence-electron chi connectivity index (χ4n) is 5.11.